The van der Waals surface area contributed by atoms with E-state index in [0.717, 1.165) is 43.1 Å². The van der Waals surface area contributed by atoms with Gasteiger partial charge in [0.25, 0.3) is 0 Å². The number of benzene rings is 3. The Hall–Kier alpha value is -2.89. The lowest BCUT2D eigenvalue weighted by molar-refractivity contribution is 0.122. The van der Waals surface area contributed by atoms with Crippen molar-refractivity contribution in [3.63, 3.8) is 0 Å². The number of hydrogen-bond acceptors (Lipinski definition) is 5. The smallest absolute Gasteiger partial charge is 0.163 e. The van der Waals surface area contributed by atoms with Gasteiger partial charge in [0, 0.05) is 42.1 Å². The molecule has 0 saturated carbocycles. The Morgan fingerprint density at radius 2 is 1.71 bits per heavy atom. The quantitative estimate of drug-likeness (QED) is 0.511. The number of halogens is 1. The number of rotatable bonds is 8. The molecule has 3 aromatic rings. The average molecular weight is 439 g/mol. The molecule has 0 aromatic heterocycles. The van der Waals surface area contributed by atoms with Crippen LogP contribution >= 0.6 is 11.6 Å². The molecule has 31 heavy (non-hydrogen) atoms. The highest BCUT2D eigenvalue weighted by atomic mass is 35.5. The molecule has 0 bridgehead atoms. The van der Waals surface area contributed by atoms with Gasteiger partial charge in [-0.3, -0.25) is 0 Å². The summed E-state index contributed by atoms with van der Waals surface area (Å²) in [6.45, 7) is 4.48. The van der Waals surface area contributed by atoms with Crippen LogP contribution in [0.25, 0.3) is 0 Å². The van der Waals surface area contributed by atoms with Gasteiger partial charge in [-0.2, -0.15) is 0 Å². The van der Waals surface area contributed by atoms with E-state index in [-0.39, 0.29) is 0 Å². The Morgan fingerprint density at radius 3 is 2.42 bits per heavy atom. The third-order valence-electron chi connectivity index (χ3n) is 5.30. The predicted molar refractivity (Wildman–Crippen MR) is 126 cm³/mol. The van der Waals surface area contributed by atoms with Crippen LogP contribution in [0.5, 0.6) is 11.5 Å². The average Bonchev–Trinajstić information content (AvgIpc) is 2.83. The third kappa shape index (κ3) is 5.63. The number of methoxy groups -OCH3 is 1. The van der Waals surface area contributed by atoms with Gasteiger partial charge >= 0.3 is 0 Å². The first-order chi connectivity index (χ1) is 15.2. The summed E-state index contributed by atoms with van der Waals surface area (Å²) in [6.07, 6.45) is 0. The largest absolute Gasteiger partial charge is 0.493 e. The lowest BCUT2D eigenvalue weighted by atomic mass is 10.1. The molecule has 1 saturated heterocycles. The SMILES string of the molecule is COc1cc(CNc2ccc(N3CCOCC3)cc2)c(Cl)cc1OCc1ccccc1. The van der Waals surface area contributed by atoms with Crippen molar-refractivity contribution in [3.8, 4) is 11.5 Å². The molecule has 0 amide bonds. The van der Waals surface area contributed by atoms with Gasteiger partial charge in [-0.15, -0.1) is 0 Å². The number of hydrogen-bond donors (Lipinski definition) is 1. The lowest BCUT2D eigenvalue weighted by Crippen LogP contribution is -2.36. The van der Waals surface area contributed by atoms with Gasteiger partial charge in [0.1, 0.15) is 6.61 Å². The second-order valence-corrected chi connectivity index (χ2v) is 7.78. The first-order valence-electron chi connectivity index (χ1n) is 10.4. The maximum Gasteiger partial charge on any atom is 0.163 e. The zero-order valence-electron chi connectivity index (χ0n) is 17.6. The molecule has 1 fully saturated rings. The third-order valence-corrected chi connectivity index (χ3v) is 5.65. The van der Waals surface area contributed by atoms with Crippen LogP contribution in [0.3, 0.4) is 0 Å². The normalized spacial score (nSPS) is 13.7. The van der Waals surface area contributed by atoms with Crippen LogP contribution in [-0.4, -0.2) is 33.4 Å². The highest BCUT2D eigenvalue weighted by Crippen LogP contribution is 2.34. The molecule has 4 rings (SSSR count). The van der Waals surface area contributed by atoms with Crippen LogP contribution in [-0.2, 0) is 17.9 Å². The summed E-state index contributed by atoms with van der Waals surface area (Å²) in [7, 11) is 1.64. The Bertz CT molecular complexity index is 974. The summed E-state index contributed by atoms with van der Waals surface area (Å²) < 4.78 is 16.9. The molecule has 6 heteroatoms. The maximum absolute atomic E-state index is 6.54. The Balaban J connectivity index is 1.39. The molecule has 1 aliphatic heterocycles. The second-order valence-electron chi connectivity index (χ2n) is 7.37. The first-order valence-corrected chi connectivity index (χ1v) is 10.8. The van der Waals surface area contributed by atoms with Gasteiger partial charge in [0.05, 0.1) is 20.3 Å². The van der Waals surface area contributed by atoms with Crippen LogP contribution in [0, 0.1) is 0 Å². The number of nitrogens with zero attached hydrogens (tertiary/aromatic N) is 1. The summed E-state index contributed by atoms with van der Waals surface area (Å²) in [5.41, 5.74) is 4.29. The van der Waals surface area contributed by atoms with Crippen molar-refractivity contribution in [2.75, 3.05) is 43.6 Å². The number of ether oxygens (including phenoxy) is 3. The van der Waals surface area contributed by atoms with E-state index in [4.69, 9.17) is 25.8 Å². The fraction of sp³-hybridized carbons (Fsp3) is 0.280. The number of morpholine rings is 1. The van der Waals surface area contributed by atoms with Gasteiger partial charge in [0.15, 0.2) is 11.5 Å². The van der Waals surface area contributed by atoms with Crippen molar-refractivity contribution in [1.82, 2.24) is 0 Å². The molecule has 162 valence electrons. The Labute approximate surface area is 188 Å². The highest BCUT2D eigenvalue weighted by molar-refractivity contribution is 6.31. The summed E-state index contributed by atoms with van der Waals surface area (Å²) in [5, 5.41) is 4.08. The van der Waals surface area contributed by atoms with E-state index in [1.54, 1.807) is 7.11 Å². The van der Waals surface area contributed by atoms with Crippen LogP contribution in [0.4, 0.5) is 11.4 Å². The van der Waals surface area contributed by atoms with E-state index < -0.39 is 0 Å². The summed E-state index contributed by atoms with van der Waals surface area (Å²) in [4.78, 5) is 2.34. The van der Waals surface area contributed by atoms with Gasteiger partial charge in [-0.05, 0) is 41.5 Å². The Morgan fingerprint density at radius 1 is 0.968 bits per heavy atom. The van der Waals surface area contributed by atoms with Crippen LogP contribution in [0.15, 0.2) is 66.7 Å². The topological polar surface area (TPSA) is 43.0 Å². The van der Waals surface area contributed by atoms with E-state index >= 15 is 0 Å². The van der Waals surface area contributed by atoms with Crippen LogP contribution in [0.1, 0.15) is 11.1 Å². The van der Waals surface area contributed by atoms with E-state index in [0.29, 0.717) is 29.7 Å². The molecular weight excluding hydrogens is 412 g/mol. The standard InChI is InChI=1S/C25H27ClN2O3/c1-29-24-15-20(23(26)16-25(24)31-18-19-5-3-2-4-6-19)17-27-21-7-9-22(10-8-21)28-11-13-30-14-12-28/h2-10,15-16,27H,11-14,17-18H2,1H3. The van der Waals surface area contributed by atoms with Gasteiger partial charge in [-0.25, -0.2) is 0 Å². The van der Waals surface area contributed by atoms with Gasteiger partial charge in [0.2, 0.25) is 0 Å². The minimum absolute atomic E-state index is 0.459. The van der Waals surface area contributed by atoms with Crippen molar-refractivity contribution < 1.29 is 14.2 Å². The zero-order chi connectivity index (χ0) is 21.5. The summed E-state index contributed by atoms with van der Waals surface area (Å²) in [5.74, 6) is 1.30. The zero-order valence-corrected chi connectivity index (χ0v) is 18.4. The maximum atomic E-state index is 6.54. The van der Waals surface area contributed by atoms with Gasteiger partial charge in [-0.1, -0.05) is 41.9 Å². The van der Waals surface area contributed by atoms with Crippen molar-refractivity contribution >= 4 is 23.0 Å². The molecule has 0 spiro atoms. The molecule has 0 atom stereocenters. The molecule has 0 radical (unpaired) electrons. The highest BCUT2D eigenvalue weighted by Gasteiger charge is 2.13. The molecule has 1 aliphatic rings. The van der Waals surface area contributed by atoms with E-state index in [9.17, 15) is 0 Å². The van der Waals surface area contributed by atoms with Crippen molar-refractivity contribution in [2.45, 2.75) is 13.2 Å². The lowest BCUT2D eigenvalue weighted by Gasteiger charge is -2.29. The van der Waals surface area contributed by atoms with Crippen LogP contribution < -0.4 is 19.7 Å². The predicted octanol–water partition coefficient (Wildman–Crippen LogP) is 5.38. The second kappa shape index (κ2) is 10.4. The molecule has 5 nitrogen and oxygen atoms in total. The molecule has 0 aliphatic carbocycles. The van der Waals surface area contributed by atoms with E-state index in [1.165, 1.54) is 5.69 Å². The van der Waals surface area contributed by atoms with Crippen molar-refractivity contribution in [3.05, 3.63) is 82.9 Å². The fourth-order valence-electron chi connectivity index (χ4n) is 3.53. The van der Waals surface area contributed by atoms with E-state index in [1.807, 2.05) is 42.5 Å². The molecular formula is C25H27ClN2O3. The Kier molecular flexibility index (Phi) is 7.18. The minimum atomic E-state index is 0.459. The molecule has 0 unspecified atom stereocenters. The monoisotopic (exact) mass is 438 g/mol. The summed E-state index contributed by atoms with van der Waals surface area (Å²) in [6, 6.07) is 22.2. The molecule has 1 N–H and O–H groups in total. The fourth-order valence-corrected chi connectivity index (χ4v) is 3.75. The summed E-state index contributed by atoms with van der Waals surface area (Å²) >= 11 is 6.54. The van der Waals surface area contributed by atoms with Crippen molar-refractivity contribution in [1.29, 1.82) is 0 Å². The van der Waals surface area contributed by atoms with Crippen molar-refractivity contribution in [2.24, 2.45) is 0 Å². The minimum Gasteiger partial charge on any atom is -0.493 e. The van der Waals surface area contributed by atoms with Crippen LogP contribution in [0.2, 0.25) is 5.02 Å². The number of anilines is 2. The first kappa shape index (κ1) is 21.3. The number of nitrogens with one attached hydrogen (secondary N) is 1. The molecule has 1 heterocycles. The van der Waals surface area contributed by atoms with Gasteiger partial charge < -0.3 is 24.4 Å². The van der Waals surface area contributed by atoms with E-state index in [2.05, 4.69) is 34.5 Å². The molecule has 3 aromatic carbocycles.